The number of carbonyl (C=O) groups is 5. The monoisotopic (exact) mass is 826 g/mol. The van der Waals surface area contributed by atoms with Gasteiger partial charge in [-0.15, -0.1) is 11.3 Å². The number of piperidine rings is 2. The summed E-state index contributed by atoms with van der Waals surface area (Å²) >= 11 is 1.54. The Balaban J connectivity index is 0.938. The van der Waals surface area contributed by atoms with E-state index >= 15 is 0 Å². The fourth-order valence-corrected chi connectivity index (χ4v) is 9.31. The second-order valence-electron chi connectivity index (χ2n) is 17.5. The summed E-state index contributed by atoms with van der Waals surface area (Å²) in [6, 6.07) is 18.7. The number of hydrogen-bond acceptors (Lipinski definition) is 8. The van der Waals surface area contributed by atoms with Crippen LogP contribution in [0.15, 0.2) is 66.0 Å². The van der Waals surface area contributed by atoms with Gasteiger partial charge in [0.05, 0.1) is 12.5 Å². The molecule has 1 aromatic heterocycles. The number of nitrogens with zero attached hydrogens (tertiary/aromatic N) is 2. The number of fused-ring (bicyclic) bond motifs is 3. The van der Waals surface area contributed by atoms with Crippen molar-refractivity contribution in [3.05, 3.63) is 82.0 Å². The van der Waals surface area contributed by atoms with Crippen molar-refractivity contribution < 1.29 is 33.4 Å². The first-order valence-corrected chi connectivity index (χ1v) is 22.0. The number of hydrogen-bond donors (Lipinski definition) is 4. The van der Waals surface area contributed by atoms with E-state index in [1.807, 2.05) is 46.7 Å². The first-order valence-electron chi connectivity index (χ1n) is 21.1. The van der Waals surface area contributed by atoms with Crippen LogP contribution in [0, 0.1) is 11.3 Å². The second kappa shape index (κ2) is 18.4. The van der Waals surface area contributed by atoms with Gasteiger partial charge < -0.3 is 40.5 Å². The molecule has 0 bridgehead atoms. The van der Waals surface area contributed by atoms with Gasteiger partial charge in [0.2, 0.25) is 11.8 Å². The number of ether oxygens (including phenoxy) is 2. The van der Waals surface area contributed by atoms with Crippen LogP contribution in [0.3, 0.4) is 0 Å². The average molecular weight is 827 g/mol. The molecule has 2 aliphatic carbocycles. The van der Waals surface area contributed by atoms with Crippen molar-refractivity contribution in [3.63, 3.8) is 0 Å². The molecular formula is C45H58N6O7S. The standard InChI is InChI=1S/C45H58N6O7S/c1-44(2,3)58-43(56)49-38(16-8-9-22-46-42(55)57-29-36-33-14-6-4-12-31(33)32-13-5-7-15-34(32)36)40(53)51-23-17-37(35(28-51)39(52)47-27-30-11-10-26-59-30)48-41(54)50-24-20-45(18-19-45)21-25-50/h4-7,10-15,26,35-38H,8-9,16-25,27-29H2,1-3H3,(H,46,55)(H,47,52)(H,48,54)(H,49,56)/t35-,37+,38+/m0/s1. The fraction of sp³-hybridized carbons (Fsp3) is 0.533. The third kappa shape index (κ3) is 10.7. The highest BCUT2D eigenvalue weighted by Crippen LogP contribution is 2.53. The Labute approximate surface area is 350 Å². The Morgan fingerprint density at radius 1 is 0.831 bits per heavy atom. The highest BCUT2D eigenvalue weighted by Gasteiger charge is 2.46. The fourth-order valence-electron chi connectivity index (χ4n) is 8.66. The van der Waals surface area contributed by atoms with Gasteiger partial charge in [-0.1, -0.05) is 54.6 Å². The Kier molecular flexibility index (Phi) is 13.1. The Bertz CT molecular complexity index is 1920. The molecule has 7 rings (SSSR count). The smallest absolute Gasteiger partial charge is 0.408 e. The molecule has 4 aliphatic rings. The number of benzene rings is 2. The number of thiophene rings is 1. The Morgan fingerprint density at radius 3 is 2.17 bits per heavy atom. The highest BCUT2D eigenvalue weighted by atomic mass is 32.1. The van der Waals surface area contributed by atoms with Gasteiger partial charge in [-0.05, 0) is 111 Å². The van der Waals surface area contributed by atoms with Crippen molar-refractivity contribution in [2.75, 3.05) is 39.3 Å². The summed E-state index contributed by atoms with van der Waals surface area (Å²) in [6.07, 6.45) is 4.97. The number of likely N-dealkylation sites (tertiary alicyclic amines) is 2. The number of unbranched alkanes of at least 4 members (excludes halogenated alkanes) is 1. The first-order chi connectivity index (χ1) is 28.4. The SMILES string of the molecule is CC(C)(C)OC(=O)N[C@H](CCCCNC(=O)OCC1c2ccccc2-c2ccccc21)C(=O)N1CC[C@@H](NC(=O)N2CCC3(CC2)CC3)[C@@H](C(=O)NCc2cccs2)C1. The molecule has 1 spiro atoms. The lowest BCUT2D eigenvalue weighted by Crippen LogP contribution is -2.61. The summed E-state index contributed by atoms with van der Waals surface area (Å²) in [7, 11) is 0. The lowest BCUT2D eigenvalue weighted by Gasteiger charge is -2.41. The van der Waals surface area contributed by atoms with Crippen LogP contribution in [0.5, 0.6) is 0 Å². The van der Waals surface area contributed by atoms with Gasteiger partial charge in [-0.25, -0.2) is 14.4 Å². The van der Waals surface area contributed by atoms with Crippen LogP contribution in [0.2, 0.25) is 0 Å². The first kappa shape index (κ1) is 42.0. The van der Waals surface area contributed by atoms with E-state index in [-0.39, 0.29) is 43.3 Å². The van der Waals surface area contributed by atoms with Crippen LogP contribution in [0.4, 0.5) is 14.4 Å². The largest absolute Gasteiger partial charge is 0.449 e. The van der Waals surface area contributed by atoms with E-state index in [2.05, 4.69) is 45.5 Å². The van der Waals surface area contributed by atoms with Crippen molar-refractivity contribution in [2.24, 2.45) is 11.3 Å². The Hall–Kier alpha value is -5.11. The second-order valence-corrected chi connectivity index (χ2v) is 18.5. The van der Waals surface area contributed by atoms with Crippen molar-refractivity contribution in [1.82, 2.24) is 31.1 Å². The zero-order chi connectivity index (χ0) is 41.6. The molecule has 3 aromatic rings. The molecule has 2 aliphatic heterocycles. The molecule has 0 unspecified atom stereocenters. The maximum absolute atomic E-state index is 14.3. The molecule has 316 valence electrons. The zero-order valence-corrected chi connectivity index (χ0v) is 35.2. The van der Waals surface area contributed by atoms with Gasteiger partial charge >= 0.3 is 18.2 Å². The van der Waals surface area contributed by atoms with E-state index in [4.69, 9.17) is 9.47 Å². The number of amides is 6. The predicted molar refractivity (Wildman–Crippen MR) is 226 cm³/mol. The van der Waals surface area contributed by atoms with Crippen LogP contribution in [0.25, 0.3) is 11.1 Å². The molecule has 3 atom stereocenters. The molecule has 59 heavy (non-hydrogen) atoms. The number of nitrogens with one attached hydrogen (secondary N) is 4. The molecule has 13 nitrogen and oxygen atoms in total. The van der Waals surface area contributed by atoms with Crippen LogP contribution < -0.4 is 21.3 Å². The quantitative estimate of drug-likeness (QED) is 0.139. The van der Waals surface area contributed by atoms with Gasteiger partial charge in [0, 0.05) is 49.6 Å². The summed E-state index contributed by atoms with van der Waals surface area (Å²) < 4.78 is 11.2. The maximum atomic E-state index is 14.3. The molecule has 14 heteroatoms. The van der Waals surface area contributed by atoms with E-state index in [1.165, 1.54) is 12.8 Å². The molecule has 1 saturated carbocycles. The van der Waals surface area contributed by atoms with Crippen LogP contribution in [-0.4, -0.2) is 96.8 Å². The van der Waals surface area contributed by atoms with Crippen molar-refractivity contribution >= 4 is 41.4 Å². The molecule has 2 aromatic carbocycles. The lowest BCUT2D eigenvalue weighted by molar-refractivity contribution is -0.138. The minimum absolute atomic E-state index is 0.0450. The third-order valence-corrected chi connectivity index (χ3v) is 13.1. The molecule has 0 radical (unpaired) electrons. The normalized spacial score (nSPS) is 19.8. The van der Waals surface area contributed by atoms with E-state index in [9.17, 15) is 24.0 Å². The summed E-state index contributed by atoms with van der Waals surface area (Å²) in [6.45, 7) is 7.94. The number of urea groups is 1. The molecule has 2 saturated heterocycles. The molecular weight excluding hydrogens is 769 g/mol. The maximum Gasteiger partial charge on any atom is 0.408 e. The van der Waals surface area contributed by atoms with Crippen LogP contribution in [-0.2, 0) is 25.6 Å². The summed E-state index contributed by atoms with van der Waals surface area (Å²) in [5.41, 5.74) is 4.24. The van der Waals surface area contributed by atoms with Crippen molar-refractivity contribution in [1.29, 1.82) is 0 Å². The zero-order valence-electron chi connectivity index (χ0n) is 34.4. The minimum Gasteiger partial charge on any atom is -0.449 e. The summed E-state index contributed by atoms with van der Waals surface area (Å²) in [4.78, 5) is 71.8. The molecule has 6 amide bonds. The summed E-state index contributed by atoms with van der Waals surface area (Å²) in [5.74, 6) is -1.31. The minimum atomic E-state index is -0.927. The van der Waals surface area contributed by atoms with Crippen molar-refractivity contribution in [3.8, 4) is 11.1 Å². The van der Waals surface area contributed by atoms with Gasteiger partial charge in [-0.2, -0.15) is 0 Å². The summed E-state index contributed by atoms with van der Waals surface area (Å²) in [5, 5.41) is 13.8. The number of alkyl carbamates (subject to hydrolysis) is 2. The van der Waals surface area contributed by atoms with E-state index in [0.717, 1.165) is 40.0 Å². The van der Waals surface area contributed by atoms with Gasteiger partial charge in [0.1, 0.15) is 18.2 Å². The third-order valence-electron chi connectivity index (χ3n) is 12.2. The van der Waals surface area contributed by atoms with Gasteiger partial charge in [-0.3, -0.25) is 9.59 Å². The lowest BCUT2D eigenvalue weighted by atomic mass is 9.90. The van der Waals surface area contributed by atoms with E-state index in [0.29, 0.717) is 57.4 Å². The van der Waals surface area contributed by atoms with Crippen LogP contribution in [0.1, 0.15) is 94.1 Å². The molecule has 3 fully saturated rings. The van der Waals surface area contributed by atoms with Crippen molar-refractivity contribution in [2.45, 2.75) is 102 Å². The average Bonchev–Trinajstić information content (AvgIpc) is 3.60. The van der Waals surface area contributed by atoms with Gasteiger partial charge in [0.15, 0.2) is 0 Å². The number of carbonyl (C=O) groups excluding carboxylic acids is 5. The number of rotatable bonds is 13. The molecule has 4 N–H and O–H groups in total. The Morgan fingerprint density at radius 2 is 1.53 bits per heavy atom. The van der Waals surface area contributed by atoms with E-state index < -0.39 is 35.8 Å². The van der Waals surface area contributed by atoms with Gasteiger partial charge in [0.25, 0.3) is 0 Å². The molecule has 3 heterocycles. The topological polar surface area (TPSA) is 158 Å². The predicted octanol–water partition coefficient (Wildman–Crippen LogP) is 6.77. The highest BCUT2D eigenvalue weighted by molar-refractivity contribution is 7.09. The van der Waals surface area contributed by atoms with E-state index in [1.54, 1.807) is 37.0 Å². The van der Waals surface area contributed by atoms with Crippen LogP contribution >= 0.6 is 11.3 Å².